The van der Waals surface area contributed by atoms with Gasteiger partial charge in [-0.15, -0.1) is 0 Å². The average molecular weight is 231 g/mol. The normalized spacial score (nSPS) is 21.9. The summed E-state index contributed by atoms with van der Waals surface area (Å²) in [7, 11) is 0. The van der Waals surface area contributed by atoms with Crippen LogP contribution in [0.3, 0.4) is 0 Å². The van der Waals surface area contributed by atoms with Crippen molar-refractivity contribution in [1.82, 2.24) is 0 Å². The Hall–Kier alpha value is -0.980. The number of rotatable bonds is 1. The minimum absolute atomic E-state index is 0.264. The Bertz CT molecular complexity index is 409. The fourth-order valence-electron chi connectivity index (χ4n) is 3.58. The van der Waals surface area contributed by atoms with Crippen LogP contribution in [0.2, 0.25) is 0 Å². The lowest BCUT2D eigenvalue weighted by molar-refractivity contribution is 0.371. The Morgan fingerprint density at radius 2 is 1.53 bits per heavy atom. The first-order chi connectivity index (χ1) is 7.73. The van der Waals surface area contributed by atoms with Crippen LogP contribution in [0.4, 0.5) is 5.69 Å². The van der Waals surface area contributed by atoms with E-state index in [4.69, 9.17) is 0 Å². The Morgan fingerprint density at radius 3 is 1.94 bits per heavy atom. The molecular weight excluding hydrogens is 206 g/mol. The number of benzene rings is 1. The van der Waals surface area contributed by atoms with E-state index >= 15 is 0 Å². The molecule has 94 valence electrons. The van der Waals surface area contributed by atoms with Crippen LogP contribution in [0.5, 0.6) is 0 Å². The van der Waals surface area contributed by atoms with Gasteiger partial charge in [0.05, 0.1) is 0 Å². The van der Waals surface area contributed by atoms with Crippen LogP contribution >= 0.6 is 0 Å². The Kier molecular flexibility index (Phi) is 2.76. The van der Waals surface area contributed by atoms with E-state index in [1.165, 1.54) is 23.2 Å². The van der Waals surface area contributed by atoms with Gasteiger partial charge in [0, 0.05) is 17.8 Å². The second kappa shape index (κ2) is 3.76. The molecule has 0 bridgehead atoms. The molecule has 1 aliphatic heterocycles. The van der Waals surface area contributed by atoms with Crippen LogP contribution in [0.25, 0.3) is 0 Å². The van der Waals surface area contributed by atoms with Crippen molar-refractivity contribution in [2.45, 2.75) is 53.5 Å². The van der Waals surface area contributed by atoms with E-state index < -0.39 is 0 Å². The molecule has 0 N–H and O–H groups in total. The van der Waals surface area contributed by atoms with Gasteiger partial charge in [0.1, 0.15) is 0 Å². The maximum Gasteiger partial charge on any atom is 0.0430 e. The van der Waals surface area contributed by atoms with E-state index in [0.29, 0.717) is 5.41 Å². The van der Waals surface area contributed by atoms with E-state index in [1.54, 1.807) is 0 Å². The highest BCUT2D eigenvalue weighted by molar-refractivity contribution is 5.61. The molecule has 1 aliphatic rings. The molecule has 0 amide bonds. The van der Waals surface area contributed by atoms with Gasteiger partial charge in [0.25, 0.3) is 0 Å². The zero-order valence-corrected chi connectivity index (χ0v) is 12.1. The van der Waals surface area contributed by atoms with Crippen molar-refractivity contribution < 1.29 is 0 Å². The summed E-state index contributed by atoms with van der Waals surface area (Å²) < 4.78 is 0. The van der Waals surface area contributed by atoms with Gasteiger partial charge < -0.3 is 4.90 Å². The second-order valence-electron chi connectivity index (χ2n) is 6.98. The van der Waals surface area contributed by atoms with Gasteiger partial charge in [-0.1, -0.05) is 32.0 Å². The predicted molar refractivity (Wildman–Crippen MR) is 75.7 cm³/mol. The number of para-hydroxylation sites is 1. The molecule has 0 spiro atoms. The lowest BCUT2D eigenvalue weighted by Gasteiger charge is -2.36. The van der Waals surface area contributed by atoms with Crippen LogP contribution in [0.1, 0.15) is 45.2 Å². The summed E-state index contributed by atoms with van der Waals surface area (Å²) in [4.78, 5) is 2.61. The van der Waals surface area contributed by atoms with Gasteiger partial charge >= 0.3 is 0 Å². The van der Waals surface area contributed by atoms with Gasteiger partial charge in [0.2, 0.25) is 0 Å². The number of hydrogen-bond donors (Lipinski definition) is 0. The summed E-state index contributed by atoms with van der Waals surface area (Å²) in [6.45, 7) is 15.1. The van der Waals surface area contributed by atoms with Crippen LogP contribution in [0.15, 0.2) is 18.2 Å². The molecule has 1 saturated heterocycles. The molecule has 0 aromatic heterocycles. The zero-order chi connectivity index (χ0) is 12.8. The molecule has 1 heterocycles. The fraction of sp³-hybridized carbons (Fsp3) is 0.625. The molecule has 1 aromatic carbocycles. The molecule has 1 heteroatoms. The van der Waals surface area contributed by atoms with Crippen LogP contribution in [0, 0.1) is 19.3 Å². The zero-order valence-electron chi connectivity index (χ0n) is 12.1. The monoisotopic (exact) mass is 231 g/mol. The van der Waals surface area contributed by atoms with Gasteiger partial charge in [-0.2, -0.15) is 0 Å². The van der Waals surface area contributed by atoms with E-state index in [9.17, 15) is 0 Å². The first-order valence-corrected chi connectivity index (χ1v) is 6.57. The molecule has 1 nitrogen and oxygen atoms in total. The van der Waals surface area contributed by atoms with Crippen molar-refractivity contribution in [3.8, 4) is 0 Å². The number of nitrogens with zero attached hydrogens (tertiary/aromatic N) is 1. The van der Waals surface area contributed by atoms with Crippen LogP contribution in [-0.4, -0.2) is 12.1 Å². The highest BCUT2D eigenvalue weighted by atomic mass is 15.2. The summed E-state index contributed by atoms with van der Waals surface area (Å²) in [6.07, 6.45) is 1.26. The molecule has 1 aromatic rings. The van der Waals surface area contributed by atoms with Crippen molar-refractivity contribution >= 4 is 5.69 Å². The van der Waals surface area contributed by atoms with E-state index in [1.807, 2.05) is 0 Å². The van der Waals surface area contributed by atoms with E-state index in [2.05, 4.69) is 64.6 Å². The molecule has 17 heavy (non-hydrogen) atoms. The summed E-state index contributed by atoms with van der Waals surface area (Å²) in [6, 6.07) is 6.61. The van der Waals surface area contributed by atoms with Gasteiger partial charge in [-0.05, 0) is 50.7 Å². The topological polar surface area (TPSA) is 3.24 Å². The lowest BCUT2D eigenvalue weighted by Crippen LogP contribution is -2.39. The Morgan fingerprint density at radius 1 is 1.00 bits per heavy atom. The average Bonchev–Trinajstić information content (AvgIpc) is 2.34. The minimum Gasteiger partial charge on any atom is -0.365 e. The Labute approximate surface area is 106 Å². The maximum atomic E-state index is 2.61. The first-order valence-electron chi connectivity index (χ1n) is 6.57. The molecule has 1 fully saturated rings. The summed E-state index contributed by atoms with van der Waals surface area (Å²) in [5, 5.41) is 0. The van der Waals surface area contributed by atoms with Gasteiger partial charge in [-0.3, -0.25) is 0 Å². The fourth-order valence-corrected chi connectivity index (χ4v) is 3.58. The van der Waals surface area contributed by atoms with Gasteiger partial charge in [0.15, 0.2) is 0 Å². The standard InChI is InChI=1S/C16H25N/c1-12-8-7-9-13(2)14(12)17-11-15(3,4)10-16(17,5)6/h7-9H,10-11H2,1-6H3. The summed E-state index contributed by atoms with van der Waals surface area (Å²) in [5.41, 5.74) is 4.92. The van der Waals surface area contributed by atoms with Crippen molar-refractivity contribution in [3.63, 3.8) is 0 Å². The van der Waals surface area contributed by atoms with Crippen molar-refractivity contribution in [2.24, 2.45) is 5.41 Å². The smallest absolute Gasteiger partial charge is 0.0430 e. The van der Waals surface area contributed by atoms with Gasteiger partial charge in [-0.25, -0.2) is 0 Å². The van der Waals surface area contributed by atoms with Crippen LogP contribution < -0.4 is 4.90 Å². The third-order valence-corrected chi connectivity index (χ3v) is 3.94. The summed E-state index contributed by atoms with van der Waals surface area (Å²) in [5.74, 6) is 0. The molecule has 0 unspecified atom stereocenters. The third kappa shape index (κ3) is 2.20. The molecule has 0 radical (unpaired) electrons. The van der Waals surface area contributed by atoms with Crippen molar-refractivity contribution in [3.05, 3.63) is 29.3 Å². The number of hydrogen-bond acceptors (Lipinski definition) is 1. The predicted octanol–water partition coefficient (Wildman–Crippen LogP) is 4.32. The first kappa shape index (κ1) is 12.5. The molecule has 0 saturated carbocycles. The number of anilines is 1. The minimum atomic E-state index is 0.264. The highest BCUT2D eigenvalue weighted by Crippen LogP contribution is 2.45. The lowest BCUT2D eigenvalue weighted by atomic mass is 9.86. The maximum absolute atomic E-state index is 2.61. The van der Waals surface area contributed by atoms with E-state index in [0.717, 1.165) is 6.54 Å². The van der Waals surface area contributed by atoms with Crippen molar-refractivity contribution in [1.29, 1.82) is 0 Å². The second-order valence-corrected chi connectivity index (χ2v) is 6.98. The Balaban J connectivity index is 2.47. The molecule has 0 aliphatic carbocycles. The van der Waals surface area contributed by atoms with Crippen LogP contribution in [-0.2, 0) is 0 Å². The molecule has 0 atom stereocenters. The van der Waals surface area contributed by atoms with Crippen molar-refractivity contribution in [2.75, 3.05) is 11.4 Å². The largest absolute Gasteiger partial charge is 0.365 e. The third-order valence-electron chi connectivity index (χ3n) is 3.94. The molecule has 2 rings (SSSR count). The molecular formula is C16H25N. The number of aryl methyl sites for hydroxylation is 2. The van der Waals surface area contributed by atoms with E-state index in [-0.39, 0.29) is 5.54 Å². The highest BCUT2D eigenvalue weighted by Gasteiger charge is 2.43. The quantitative estimate of drug-likeness (QED) is 0.696. The summed E-state index contributed by atoms with van der Waals surface area (Å²) >= 11 is 0. The SMILES string of the molecule is Cc1cccc(C)c1N1CC(C)(C)CC1(C)C.